The number of rotatable bonds is 5. The van der Waals surface area contributed by atoms with Gasteiger partial charge in [0.1, 0.15) is 28.9 Å². The van der Waals surface area contributed by atoms with E-state index in [1.165, 1.54) is 6.07 Å². The van der Waals surface area contributed by atoms with Crippen LogP contribution in [-0.2, 0) is 6.61 Å². The highest BCUT2D eigenvalue weighted by Gasteiger charge is 2.06. The average Bonchev–Trinajstić information content (AvgIpc) is 2.48. The van der Waals surface area contributed by atoms with E-state index >= 15 is 0 Å². The molecule has 0 aliphatic carbocycles. The minimum atomic E-state index is -0.309. The van der Waals surface area contributed by atoms with E-state index < -0.39 is 0 Å². The Bertz CT molecular complexity index is 679. The van der Waals surface area contributed by atoms with Crippen LogP contribution in [0, 0.1) is 5.82 Å². The first-order chi connectivity index (χ1) is 9.99. The number of methoxy groups -OCH3 is 1. The largest absolute Gasteiger partial charge is 0.497 e. The molecule has 3 nitrogen and oxygen atoms in total. The van der Waals surface area contributed by atoms with Crippen molar-refractivity contribution in [2.24, 2.45) is 5.73 Å². The molecule has 0 bridgehead atoms. The molecule has 6 heteroatoms. The van der Waals surface area contributed by atoms with E-state index in [9.17, 15) is 4.39 Å². The normalized spacial score (nSPS) is 10.2. The van der Waals surface area contributed by atoms with E-state index in [1.807, 2.05) is 0 Å². The summed E-state index contributed by atoms with van der Waals surface area (Å²) < 4.78 is 24.4. The van der Waals surface area contributed by atoms with Crippen molar-refractivity contribution in [1.82, 2.24) is 0 Å². The minimum absolute atomic E-state index is 0.267. The molecule has 0 unspecified atom stereocenters. The fourth-order valence-electron chi connectivity index (χ4n) is 1.71. The third-order valence-corrected chi connectivity index (χ3v) is 3.63. The Kier molecular flexibility index (Phi) is 5.14. The van der Waals surface area contributed by atoms with Gasteiger partial charge in [-0.15, -0.1) is 0 Å². The zero-order chi connectivity index (χ0) is 15.4. The van der Waals surface area contributed by atoms with Crippen molar-refractivity contribution in [1.29, 1.82) is 0 Å². The van der Waals surface area contributed by atoms with Gasteiger partial charge < -0.3 is 15.2 Å². The van der Waals surface area contributed by atoms with Gasteiger partial charge in [-0.3, -0.25) is 0 Å². The van der Waals surface area contributed by atoms with Crippen LogP contribution in [-0.4, -0.2) is 12.1 Å². The minimum Gasteiger partial charge on any atom is -0.497 e. The molecule has 0 amide bonds. The van der Waals surface area contributed by atoms with E-state index in [2.05, 4.69) is 15.9 Å². The van der Waals surface area contributed by atoms with Crippen molar-refractivity contribution >= 4 is 33.1 Å². The highest BCUT2D eigenvalue weighted by Crippen LogP contribution is 2.24. The molecule has 0 aliphatic rings. The molecule has 0 fully saturated rings. The second kappa shape index (κ2) is 6.87. The lowest BCUT2D eigenvalue weighted by molar-refractivity contribution is 0.303. The number of thiocarbonyl (C=S) groups is 1. The summed E-state index contributed by atoms with van der Waals surface area (Å²) in [5.41, 5.74) is 7.12. The summed E-state index contributed by atoms with van der Waals surface area (Å²) in [5.74, 6) is 0.879. The molecule has 0 aliphatic heterocycles. The van der Waals surface area contributed by atoms with Crippen LogP contribution >= 0.6 is 28.1 Å². The topological polar surface area (TPSA) is 44.5 Å². The van der Waals surface area contributed by atoms with Crippen LogP contribution in [0.4, 0.5) is 4.39 Å². The van der Waals surface area contributed by atoms with Gasteiger partial charge in [-0.05, 0) is 45.8 Å². The zero-order valence-electron chi connectivity index (χ0n) is 11.2. The maximum atomic E-state index is 13.2. The van der Waals surface area contributed by atoms with Crippen molar-refractivity contribution < 1.29 is 13.9 Å². The standard InChI is InChI=1S/C15H13BrFNO2S/c1-19-11-5-10(15(18)21)6-12(7-11)20-8-9-2-3-14(17)13(16)4-9/h2-7H,8H2,1H3,(H2,18,21). The number of halogens is 2. The monoisotopic (exact) mass is 369 g/mol. The summed E-state index contributed by atoms with van der Waals surface area (Å²) in [5, 5.41) is 0. The molecule has 0 atom stereocenters. The van der Waals surface area contributed by atoms with Gasteiger partial charge >= 0.3 is 0 Å². The summed E-state index contributed by atoms with van der Waals surface area (Å²) in [6.45, 7) is 0.294. The van der Waals surface area contributed by atoms with E-state index in [4.69, 9.17) is 27.4 Å². The third kappa shape index (κ3) is 4.15. The van der Waals surface area contributed by atoms with E-state index in [0.717, 1.165) is 5.56 Å². The van der Waals surface area contributed by atoms with Gasteiger partial charge in [-0.1, -0.05) is 18.3 Å². The van der Waals surface area contributed by atoms with Crippen LogP contribution in [0.2, 0.25) is 0 Å². The molecule has 0 saturated heterocycles. The number of hydrogen-bond acceptors (Lipinski definition) is 3. The Labute approximate surface area is 136 Å². The lowest BCUT2D eigenvalue weighted by Crippen LogP contribution is -2.09. The number of hydrogen-bond donors (Lipinski definition) is 1. The lowest BCUT2D eigenvalue weighted by Gasteiger charge is -2.10. The second-order valence-electron chi connectivity index (χ2n) is 4.30. The fraction of sp³-hybridized carbons (Fsp3) is 0.133. The predicted octanol–water partition coefficient (Wildman–Crippen LogP) is 3.81. The van der Waals surface area contributed by atoms with Crippen molar-refractivity contribution in [3.63, 3.8) is 0 Å². The number of nitrogens with two attached hydrogens (primary N) is 1. The van der Waals surface area contributed by atoms with Crippen LogP contribution in [0.1, 0.15) is 11.1 Å². The summed E-state index contributed by atoms with van der Waals surface area (Å²) in [6, 6.07) is 9.93. The molecule has 0 aromatic heterocycles. The first-order valence-electron chi connectivity index (χ1n) is 6.05. The molecule has 110 valence electrons. The molecule has 0 heterocycles. The van der Waals surface area contributed by atoms with Gasteiger partial charge in [-0.2, -0.15) is 0 Å². The van der Waals surface area contributed by atoms with Gasteiger partial charge in [0.2, 0.25) is 0 Å². The Hall–Kier alpha value is -1.66. The fourth-order valence-corrected chi connectivity index (χ4v) is 2.26. The van der Waals surface area contributed by atoms with Crippen molar-refractivity contribution in [2.75, 3.05) is 7.11 Å². The average molecular weight is 370 g/mol. The molecule has 2 N–H and O–H groups in total. The first-order valence-corrected chi connectivity index (χ1v) is 7.25. The van der Waals surface area contributed by atoms with Crippen LogP contribution in [0.15, 0.2) is 40.9 Å². The molecule has 0 spiro atoms. The predicted molar refractivity (Wildman–Crippen MR) is 87.3 cm³/mol. The molecule has 2 aromatic rings. The summed E-state index contributed by atoms with van der Waals surface area (Å²) in [4.78, 5) is 0.267. The maximum absolute atomic E-state index is 13.2. The lowest BCUT2D eigenvalue weighted by atomic mass is 10.2. The van der Waals surface area contributed by atoms with Crippen molar-refractivity contribution in [2.45, 2.75) is 6.61 Å². The van der Waals surface area contributed by atoms with E-state index in [0.29, 0.717) is 28.1 Å². The Balaban J connectivity index is 2.17. The van der Waals surface area contributed by atoms with Gasteiger partial charge in [0.25, 0.3) is 0 Å². The van der Waals surface area contributed by atoms with Gasteiger partial charge in [-0.25, -0.2) is 4.39 Å². The van der Waals surface area contributed by atoms with Crippen molar-refractivity contribution in [3.05, 3.63) is 57.8 Å². The molecule has 21 heavy (non-hydrogen) atoms. The Morgan fingerprint density at radius 2 is 1.95 bits per heavy atom. The van der Waals surface area contributed by atoms with Crippen LogP contribution < -0.4 is 15.2 Å². The zero-order valence-corrected chi connectivity index (χ0v) is 13.6. The quantitative estimate of drug-likeness (QED) is 0.813. The van der Waals surface area contributed by atoms with Crippen molar-refractivity contribution in [3.8, 4) is 11.5 Å². The van der Waals surface area contributed by atoms with Gasteiger partial charge in [0.05, 0.1) is 11.6 Å². The second-order valence-corrected chi connectivity index (χ2v) is 5.59. The Morgan fingerprint density at radius 3 is 2.57 bits per heavy atom. The molecule has 0 saturated carbocycles. The number of benzene rings is 2. The number of ether oxygens (including phenoxy) is 2. The van der Waals surface area contributed by atoms with Crippen LogP contribution in [0.5, 0.6) is 11.5 Å². The van der Waals surface area contributed by atoms with Gasteiger partial charge in [0, 0.05) is 11.6 Å². The molecular formula is C15H13BrFNO2S. The van der Waals surface area contributed by atoms with E-state index in [1.54, 1.807) is 37.4 Å². The SMILES string of the molecule is COc1cc(OCc2ccc(F)c(Br)c2)cc(C(N)=S)c1. The highest BCUT2D eigenvalue weighted by molar-refractivity contribution is 9.10. The van der Waals surface area contributed by atoms with Gasteiger partial charge in [0.15, 0.2) is 0 Å². The molecule has 2 aromatic carbocycles. The van der Waals surface area contributed by atoms with Crippen LogP contribution in [0.25, 0.3) is 0 Å². The van der Waals surface area contributed by atoms with E-state index in [-0.39, 0.29) is 10.8 Å². The molecule has 0 radical (unpaired) electrons. The smallest absolute Gasteiger partial charge is 0.137 e. The first kappa shape index (κ1) is 15.7. The summed E-state index contributed by atoms with van der Waals surface area (Å²) >= 11 is 8.10. The third-order valence-electron chi connectivity index (χ3n) is 2.79. The van der Waals surface area contributed by atoms with Crippen LogP contribution in [0.3, 0.4) is 0 Å². The molecular weight excluding hydrogens is 357 g/mol. The molecule has 2 rings (SSSR count). The maximum Gasteiger partial charge on any atom is 0.137 e. The summed E-state index contributed by atoms with van der Waals surface area (Å²) in [7, 11) is 1.56. The summed E-state index contributed by atoms with van der Waals surface area (Å²) in [6.07, 6.45) is 0. The highest BCUT2D eigenvalue weighted by atomic mass is 79.9. The Morgan fingerprint density at radius 1 is 1.24 bits per heavy atom.